The highest BCUT2D eigenvalue weighted by Crippen LogP contribution is 2.27. The summed E-state index contributed by atoms with van der Waals surface area (Å²) in [5.41, 5.74) is -0.442. The summed E-state index contributed by atoms with van der Waals surface area (Å²) in [4.78, 5) is 41.6. The van der Waals surface area contributed by atoms with E-state index in [9.17, 15) is 23.7 Å². The minimum atomic E-state index is -1.41. The summed E-state index contributed by atoms with van der Waals surface area (Å²) < 4.78 is 19.4. The number of benzene rings is 1. The molecule has 192 valence electrons. The Kier molecular flexibility index (Phi) is 9.19. The number of rotatable bonds is 9. The van der Waals surface area contributed by atoms with Gasteiger partial charge in [0.1, 0.15) is 12.1 Å². The number of aliphatic carboxylic acids is 1. The molecule has 2 rings (SSSR count). The van der Waals surface area contributed by atoms with E-state index in [0.29, 0.717) is 21.9 Å². The first-order chi connectivity index (χ1) is 16.2. The fourth-order valence-electron chi connectivity index (χ4n) is 3.15. The summed E-state index contributed by atoms with van der Waals surface area (Å²) in [5.74, 6) is -0.652. The van der Waals surface area contributed by atoms with Crippen LogP contribution in [0.5, 0.6) is 0 Å². The largest absolute Gasteiger partial charge is 0.480 e. The number of ether oxygens (including phenoxy) is 1. The predicted molar refractivity (Wildman–Crippen MR) is 136 cm³/mol. The molecule has 1 heterocycles. The third-order valence-electron chi connectivity index (χ3n) is 4.37. The lowest BCUT2D eigenvalue weighted by atomic mass is 10.1. The molecular formula is C24H34N4O6S. The molecule has 0 spiro atoms. The highest BCUT2D eigenvalue weighted by atomic mass is 32.2. The van der Waals surface area contributed by atoms with Gasteiger partial charge in [0.15, 0.2) is 5.82 Å². The van der Waals surface area contributed by atoms with Crippen LogP contribution in [-0.2, 0) is 26.9 Å². The zero-order valence-electron chi connectivity index (χ0n) is 21.2. The van der Waals surface area contributed by atoms with Crippen molar-refractivity contribution in [1.29, 1.82) is 0 Å². The monoisotopic (exact) mass is 506 g/mol. The second-order valence-electron chi connectivity index (χ2n) is 9.86. The van der Waals surface area contributed by atoms with Crippen LogP contribution in [0.2, 0.25) is 0 Å². The van der Waals surface area contributed by atoms with E-state index >= 15 is 0 Å². The fourth-order valence-corrected chi connectivity index (χ4v) is 4.47. The molecule has 1 unspecified atom stereocenters. The lowest BCUT2D eigenvalue weighted by molar-refractivity contribution is -0.137. The van der Waals surface area contributed by atoms with Crippen LogP contribution >= 0.6 is 0 Å². The minimum Gasteiger partial charge on any atom is -0.480 e. The zero-order chi connectivity index (χ0) is 26.5. The van der Waals surface area contributed by atoms with Gasteiger partial charge in [-0.15, -0.1) is 0 Å². The first-order valence-corrected chi connectivity index (χ1v) is 12.6. The van der Waals surface area contributed by atoms with Crippen molar-refractivity contribution in [3.63, 3.8) is 0 Å². The molecule has 11 heteroatoms. The summed E-state index contributed by atoms with van der Waals surface area (Å²) in [5, 5.41) is 15.0. The van der Waals surface area contributed by atoms with Gasteiger partial charge in [-0.2, -0.15) is 0 Å². The Hall–Kier alpha value is -3.21. The number of hydrogen-bond acceptors (Lipinski definition) is 7. The second-order valence-corrected chi connectivity index (χ2v) is 11.4. The summed E-state index contributed by atoms with van der Waals surface area (Å²) in [6, 6.07) is 4.66. The number of amides is 1. The summed E-state index contributed by atoms with van der Waals surface area (Å²) in [6.07, 6.45) is 0.685. The summed E-state index contributed by atoms with van der Waals surface area (Å²) in [7, 11) is -1.41. The standard InChI is InChI=1S/C24H34N4O6S/c1-14(2)13-35(33)18-9-16(8-17(10-18)27-23(32)34-24(5,6)7)19-11-25-21(26-15(3)4)22(31)28(19)12-20(29)30/h8-11,14-15H,12-13H2,1-7H3,(H,25,26)(H,27,32)(H,29,30). The second kappa shape index (κ2) is 11.5. The van der Waals surface area contributed by atoms with Crippen LogP contribution in [0.15, 0.2) is 34.1 Å². The van der Waals surface area contributed by atoms with Crippen molar-refractivity contribution >= 4 is 34.4 Å². The lowest BCUT2D eigenvalue weighted by Crippen LogP contribution is -2.30. The Bertz CT molecular complexity index is 1170. The van der Waals surface area contributed by atoms with Gasteiger partial charge in [0, 0.05) is 27.9 Å². The highest BCUT2D eigenvalue weighted by molar-refractivity contribution is 7.85. The van der Waals surface area contributed by atoms with E-state index in [0.717, 1.165) is 4.57 Å². The zero-order valence-corrected chi connectivity index (χ0v) is 22.0. The molecule has 10 nitrogen and oxygen atoms in total. The van der Waals surface area contributed by atoms with E-state index in [1.807, 2.05) is 27.7 Å². The molecule has 0 radical (unpaired) electrons. The Morgan fingerprint density at radius 3 is 2.37 bits per heavy atom. The number of nitrogens with one attached hydrogen (secondary N) is 2. The van der Waals surface area contributed by atoms with Crippen LogP contribution in [0.1, 0.15) is 48.5 Å². The first kappa shape index (κ1) is 28.0. The van der Waals surface area contributed by atoms with Crippen LogP contribution in [0, 0.1) is 5.92 Å². The molecular weight excluding hydrogens is 472 g/mol. The molecule has 0 saturated heterocycles. The first-order valence-electron chi connectivity index (χ1n) is 11.3. The van der Waals surface area contributed by atoms with Gasteiger partial charge in [0.25, 0.3) is 5.56 Å². The molecule has 3 N–H and O–H groups in total. The van der Waals surface area contributed by atoms with Crippen LogP contribution in [0.25, 0.3) is 11.3 Å². The number of nitrogens with zero attached hydrogens (tertiary/aromatic N) is 2. The normalized spacial score (nSPS) is 12.5. The number of hydrogen-bond donors (Lipinski definition) is 3. The van der Waals surface area contributed by atoms with E-state index in [4.69, 9.17) is 4.74 Å². The van der Waals surface area contributed by atoms with Gasteiger partial charge in [-0.1, -0.05) is 13.8 Å². The van der Waals surface area contributed by atoms with E-state index in [1.165, 1.54) is 6.20 Å². The molecule has 0 saturated carbocycles. The number of aromatic nitrogens is 2. The average Bonchev–Trinajstić information content (AvgIpc) is 2.68. The quantitative estimate of drug-likeness (QED) is 0.465. The van der Waals surface area contributed by atoms with Gasteiger partial charge in [0.2, 0.25) is 0 Å². The average molecular weight is 507 g/mol. The van der Waals surface area contributed by atoms with Crippen molar-refractivity contribution in [2.45, 2.75) is 71.5 Å². The van der Waals surface area contributed by atoms with Crippen molar-refractivity contribution in [3.05, 3.63) is 34.7 Å². The third kappa shape index (κ3) is 8.50. The van der Waals surface area contributed by atoms with Gasteiger partial charge < -0.3 is 15.2 Å². The summed E-state index contributed by atoms with van der Waals surface area (Å²) in [6.45, 7) is 12.1. The number of carbonyl (C=O) groups excluding carboxylic acids is 1. The van der Waals surface area contributed by atoms with Gasteiger partial charge in [0.05, 0.1) is 22.7 Å². The predicted octanol–water partition coefficient (Wildman–Crippen LogP) is 3.93. The topological polar surface area (TPSA) is 140 Å². The molecule has 0 aliphatic carbocycles. The van der Waals surface area contributed by atoms with Crippen molar-refractivity contribution in [3.8, 4) is 11.3 Å². The van der Waals surface area contributed by atoms with Crippen molar-refractivity contribution in [2.24, 2.45) is 5.92 Å². The smallest absolute Gasteiger partial charge is 0.412 e. The lowest BCUT2D eigenvalue weighted by Gasteiger charge is -2.20. The van der Waals surface area contributed by atoms with Crippen LogP contribution in [0.3, 0.4) is 0 Å². The molecule has 1 aromatic heterocycles. The highest BCUT2D eigenvalue weighted by Gasteiger charge is 2.20. The van der Waals surface area contributed by atoms with Crippen LogP contribution in [-0.4, -0.2) is 48.3 Å². The van der Waals surface area contributed by atoms with Crippen molar-refractivity contribution in [1.82, 2.24) is 9.55 Å². The van der Waals surface area contributed by atoms with Gasteiger partial charge in [-0.05, 0) is 58.7 Å². The molecule has 0 aliphatic heterocycles. The number of carbonyl (C=O) groups is 2. The van der Waals surface area contributed by atoms with Gasteiger partial charge >= 0.3 is 12.1 Å². The minimum absolute atomic E-state index is 0.0247. The maximum absolute atomic E-state index is 13.0. The van der Waals surface area contributed by atoms with Crippen LogP contribution in [0.4, 0.5) is 16.3 Å². The molecule has 0 bridgehead atoms. The maximum atomic E-state index is 13.0. The Morgan fingerprint density at radius 2 is 1.83 bits per heavy atom. The van der Waals surface area contributed by atoms with Gasteiger partial charge in [-0.25, -0.2) is 9.78 Å². The molecule has 1 aromatic carbocycles. The van der Waals surface area contributed by atoms with E-state index < -0.39 is 40.6 Å². The molecule has 35 heavy (non-hydrogen) atoms. The molecule has 0 aliphatic rings. The van der Waals surface area contributed by atoms with E-state index in [1.54, 1.807) is 39.0 Å². The molecule has 2 aromatic rings. The number of carboxylic acids is 1. The molecule has 1 amide bonds. The molecule has 0 fully saturated rings. The number of anilines is 2. The SMILES string of the molecule is CC(C)CS(=O)c1cc(NC(=O)OC(C)(C)C)cc(-c2cnc(NC(C)C)c(=O)n2CC(=O)O)c1. The fraction of sp³-hybridized carbons (Fsp3) is 0.500. The van der Waals surface area contributed by atoms with E-state index in [2.05, 4.69) is 15.6 Å². The molecule has 1 atom stereocenters. The van der Waals surface area contributed by atoms with Crippen LogP contribution < -0.4 is 16.2 Å². The van der Waals surface area contributed by atoms with Gasteiger partial charge in [-0.3, -0.25) is 23.7 Å². The van der Waals surface area contributed by atoms with Crippen molar-refractivity contribution in [2.75, 3.05) is 16.4 Å². The van der Waals surface area contributed by atoms with Crippen molar-refractivity contribution < 1.29 is 23.6 Å². The Morgan fingerprint density at radius 1 is 1.17 bits per heavy atom. The Labute approximate surface area is 207 Å². The third-order valence-corrected chi connectivity index (χ3v) is 6.10. The van der Waals surface area contributed by atoms with E-state index in [-0.39, 0.29) is 23.5 Å². The maximum Gasteiger partial charge on any atom is 0.412 e. The number of carboxylic acid groups (broad SMARTS) is 1. The Balaban J connectivity index is 2.67. The summed E-state index contributed by atoms with van der Waals surface area (Å²) >= 11 is 0.